The van der Waals surface area contributed by atoms with Crippen LogP contribution in [0.1, 0.15) is 44.9 Å². The first-order valence-corrected chi connectivity index (χ1v) is 8.19. The average molecular weight is 263 g/mol. The molecule has 106 valence electrons. The summed E-state index contributed by atoms with van der Waals surface area (Å²) < 4.78 is 0. The highest BCUT2D eigenvalue weighted by atomic mass is 16.3. The van der Waals surface area contributed by atoms with Crippen LogP contribution in [0, 0.1) is 23.7 Å². The first-order chi connectivity index (χ1) is 9.24. The maximum atomic E-state index is 12.2. The molecule has 3 nitrogen and oxygen atoms in total. The fraction of sp³-hybridized carbons (Fsp3) is 0.938. The van der Waals surface area contributed by atoms with Gasteiger partial charge in [0.15, 0.2) is 0 Å². The molecule has 4 aliphatic rings. The van der Waals surface area contributed by atoms with E-state index in [4.69, 9.17) is 0 Å². The highest BCUT2D eigenvalue weighted by Crippen LogP contribution is 2.55. The Morgan fingerprint density at radius 1 is 1.16 bits per heavy atom. The Morgan fingerprint density at radius 2 is 2.05 bits per heavy atom. The van der Waals surface area contributed by atoms with Gasteiger partial charge in [-0.2, -0.15) is 0 Å². The lowest BCUT2D eigenvalue weighted by Gasteiger charge is -2.31. The standard InChI is InChI=1S/C16H25NO2/c18-14-5-3-1-2-4-10(14)8-17-9-12-6-11-7-13(12)15(17)16(11)19/h10-13,15-16,19H,1-9H2. The SMILES string of the molecule is O=C1CCCCCC1CN1CC2CC3CC2C1C3O. The number of ketones is 1. The fourth-order valence-corrected chi connectivity index (χ4v) is 5.46. The van der Waals surface area contributed by atoms with Gasteiger partial charge in [-0.25, -0.2) is 0 Å². The summed E-state index contributed by atoms with van der Waals surface area (Å²) in [6.07, 6.45) is 7.77. The van der Waals surface area contributed by atoms with Gasteiger partial charge in [0.2, 0.25) is 0 Å². The number of carbonyl (C=O) groups is 1. The van der Waals surface area contributed by atoms with Gasteiger partial charge in [0.1, 0.15) is 5.78 Å². The zero-order valence-electron chi connectivity index (χ0n) is 11.6. The van der Waals surface area contributed by atoms with Crippen LogP contribution in [-0.4, -0.2) is 41.0 Å². The van der Waals surface area contributed by atoms with Crippen molar-refractivity contribution in [1.29, 1.82) is 0 Å². The Bertz CT molecular complexity index is 381. The smallest absolute Gasteiger partial charge is 0.137 e. The summed E-state index contributed by atoms with van der Waals surface area (Å²) in [6.45, 7) is 2.08. The Balaban J connectivity index is 1.47. The van der Waals surface area contributed by atoms with Crippen LogP contribution >= 0.6 is 0 Å². The second-order valence-corrected chi connectivity index (χ2v) is 7.35. The van der Waals surface area contributed by atoms with Gasteiger partial charge >= 0.3 is 0 Å². The van der Waals surface area contributed by atoms with Crippen LogP contribution in [0.25, 0.3) is 0 Å². The number of aliphatic hydroxyl groups is 1. The van der Waals surface area contributed by atoms with E-state index in [9.17, 15) is 9.90 Å². The van der Waals surface area contributed by atoms with Gasteiger partial charge in [0.05, 0.1) is 6.10 Å². The molecule has 0 radical (unpaired) electrons. The summed E-state index contributed by atoms with van der Waals surface area (Å²) >= 11 is 0. The number of likely N-dealkylation sites (tertiary alicyclic amines) is 1. The largest absolute Gasteiger partial charge is 0.391 e. The van der Waals surface area contributed by atoms with E-state index >= 15 is 0 Å². The number of hydrogen-bond acceptors (Lipinski definition) is 3. The van der Waals surface area contributed by atoms with Gasteiger partial charge in [-0.1, -0.05) is 12.8 Å². The topological polar surface area (TPSA) is 40.5 Å². The molecule has 0 aromatic carbocycles. The van der Waals surface area contributed by atoms with Crippen LogP contribution in [0.15, 0.2) is 0 Å². The first kappa shape index (κ1) is 12.3. The minimum atomic E-state index is -0.107. The van der Waals surface area contributed by atoms with Crippen molar-refractivity contribution in [3.05, 3.63) is 0 Å². The lowest BCUT2D eigenvalue weighted by molar-refractivity contribution is -0.123. The Hall–Kier alpha value is -0.410. The Kier molecular flexibility index (Phi) is 2.96. The fourth-order valence-electron chi connectivity index (χ4n) is 5.46. The quantitative estimate of drug-likeness (QED) is 0.773. The summed E-state index contributed by atoms with van der Waals surface area (Å²) in [5.74, 6) is 2.86. The molecule has 1 N–H and O–H groups in total. The molecule has 1 aliphatic heterocycles. The molecular formula is C16H25NO2. The molecule has 4 fully saturated rings. The van der Waals surface area contributed by atoms with Crippen LogP contribution in [0.2, 0.25) is 0 Å². The number of hydrogen-bond donors (Lipinski definition) is 1. The molecule has 0 spiro atoms. The van der Waals surface area contributed by atoms with E-state index in [1.165, 1.54) is 25.7 Å². The molecule has 3 aliphatic carbocycles. The van der Waals surface area contributed by atoms with Crippen LogP contribution in [0.5, 0.6) is 0 Å². The maximum Gasteiger partial charge on any atom is 0.137 e. The van der Waals surface area contributed by atoms with Crippen molar-refractivity contribution >= 4 is 5.78 Å². The van der Waals surface area contributed by atoms with E-state index in [0.717, 1.165) is 44.2 Å². The predicted molar refractivity (Wildman–Crippen MR) is 72.7 cm³/mol. The van der Waals surface area contributed by atoms with E-state index in [2.05, 4.69) is 4.90 Å². The molecule has 0 amide bonds. The molecule has 1 saturated heterocycles. The molecule has 6 unspecified atom stereocenters. The van der Waals surface area contributed by atoms with E-state index in [1.54, 1.807) is 0 Å². The van der Waals surface area contributed by atoms with Gasteiger partial charge in [0.25, 0.3) is 0 Å². The monoisotopic (exact) mass is 263 g/mol. The molecule has 6 atom stereocenters. The summed E-state index contributed by atoms with van der Waals surface area (Å²) in [6, 6.07) is 0.389. The van der Waals surface area contributed by atoms with Crippen molar-refractivity contribution in [1.82, 2.24) is 4.90 Å². The third-order valence-corrected chi connectivity index (χ3v) is 6.33. The second kappa shape index (κ2) is 4.56. The molecule has 0 aromatic rings. The number of aliphatic hydroxyl groups excluding tert-OH is 1. The summed E-state index contributed by atoms with van der Waals surface area (Å²) in [4.78, 5) is 14.7. The molecule has 3 heteroatoms. The van der Waals surface area contributed by atoms with Crippen LogP contribution in [0.3, 0.4) is 0 Å². The highest BCUT2D eigenvalue weighted by Gasteiger charge is 2.58. The molecule has 0 aromatic heterocycles. The Labute approximate surface area is 115 Å². The number of Topliss-reactive ketones (excluding diaryl/α,β-unsaturated/α-hetero) is 1. The zero-order valence-corrected chi connectivity index (χ0v) is 11.6. The van der Waals surface area contributed by atoms with Gasteiger partial charge in [0, 0.05) is 31.5 Å². The maximum absolute atomic E-state index is 12.2. The van der Waals surface area contributed by atoms with Crippen molar-refractivity contribution < 1.29 is 9.90 Å². The minimum Gasteiger partial charge on any atom is -0.391 e. The molecule has 1 heterocycles. The van der Waals surface area contributed by atoms with E-state index in [0.29, 0.717) is 17.7 Å². The van der Waals surface area contributed by atoms with Crippen LogP contribution in [0.4, 0.5) is 0 Å². The minimum absolute atomic E-state index is 0.107. The van der Waals surface area contributed by atoms with Gasteiger partial charge in [-0.15, -0.1) is 0 Å². The molecular weight excluding hydrogens is 238 g/mol. The third-order valence-electron chi connectivity index (χ3n) is 6.33. The lowest BCUT2D eigenvalue weighted by atomic mass is 9.88. The van der Waals surface area contributed by atoms with Gasteiger partial charge in [-0.3, -0.25) is 9.69 Å². The van der Waals surface area contributed by atoms with Crippen molar-refractivity contribution in [3.63, 3.8) is 0 Å². The highest BCUT2D eigenvalue weighted by molar-refractivity contribution is 5.81. The van der Waals surface area contributed by atoms with E-state index in [-0.39, 0.29) is 12.0 Å². The van der Waals surface area contributed by atoms with E-state index < -0.39 is 0 Å². The molecule has 3 saturated carbocycles. The summed E-state index contributed by atoms with van der Waals surface area (Å²) in [5.41, 5.74) is 0. The second-order valence-electron chi connectivity index (χ2n) is 7.35. The average Bonchev–Trinajstić information content (AvgIpc) is 2.93. The van der Waals surface area contributed by atoms with Crippen molar-refractivity contribution in [2.75, 3.05) is 13.1 Å². The third kappa shape index (κ3) is 1.89. The summed E-state index contributed by atoms with van der Waals surface area (Å²) in [5, 5.41) is 10.4. The van der Waals surface area contributed by atoms with Crippen molar-refractivity contribution in [2.45, 2.75) is 57.1 Å². The normalized spacial score (nSPS) is 49.8. The summed E-state index contributed by atoms with van der Waals surface area (Å²) in [7, 11) is 0. The zero-order chi connectivity index (χ0) is 13.0. The molecule has 4 rings (SSSR count). The number of carbonyl (C=O) groups excluding carboxylic acids is 1. The van der Waals surface area contributed by atoms with Crippen molar-refractivity contribution in [3.8, 4) is 0 Å². The van der Waals surface area contributed by atoms with Gasteiger partial charge < -0.3 is 5.11 Å². The number of rotatable bonds is 2. The number of nitrogens with zero attached hydrogens (tertiary/aromatic N) is 1. The lowest BCUT2D eigenvalue weighted by Crippen LogP contribution is -2.43. The van der Waals surface area contributed by atoms with Crippen LogP contribution < -0.4 is 0 Å². The van der Waals surface area contributed by atoms with Crippen LogP contribution in [-0.2, 0) is 4.79 Å². The number of fused-ring (bicyclic) bond motifs is 1. The van der Waals surface area contributed by atoms with E-state index in [1.807, 2.05) is 0 Å². The Morgan fingerprint density at radius 3 is 2.89 bits per heavy atom. The van der Waals surface area contributed by atoms with Gasteiger partial charge in [-0.05, 0) is 43.4 Å². The first-order valence-electron chi connectivity index (χ1n) is 8.19. The van der Waals surface area contributed by atoms with Crippen molar-refractivity contribution in [2.24, 2.45) is 23.7 Å². The molecule has 2 bridgehead atoms. The predicted octanol–water partition coefficient (Wildman–Crippen LogP) is 1.84. The molecule has 19 heavy (non-hydrogen) atoms.